The van der Waals surface area contributed by atoms with Crippen molar-refractivity contribution in [3.63, 3.8) is 0 Å². The number of anilines is 1. The van der Waals surface area contributed by atoms with E-state index in [1.165, 1.54) is 5.38 Å². The third kappa shape index (κ3) is 3.26. The zero-order valence-electron chi connectivity index (χ0n) is 13.3. The Hall–Kier alpha value is -2.41. The van der Waals surface area contributed by atoms with E-state index >= 15 is 0 Å². The van der Waals surface area contributed by atoms with E-state index in [-0.39, 0.29) is 29.0 Å². The second-order valence-corrected chi connectivity index (χ2v) is 6.37. The van der Waals surface area contributed by atoms with E-state index < -0.39 is 5.97 Å². The van der Waals surface area contributed by atoms with Crippen LogP contribution in [0.2, 0.25) is 0 Å². The number of benzene rings is 1. The summed E-state index contributed by atoms with van der Waals surface area (Å²) in [5.41, 5.74) is 2.76. The first-order valence-corrected chi connectivity index (χ1v) is 8.75. The molecule has 7 heteroatoms. The second-order valence-electron chi connectivity index (χ2n) is 5.51. The number of phenolic OH excluding ortho intramolecular Hbond substituents is 1. The fourth-order valence-corrected chi connectivity index (χ4v) is 3.51. The highest BCUT2D eigenvalue weighted by molar-refractivity contribution is 7.11. The van der Waals surface area contributed by atoms with E-state index in [1.807, 2.05) is 0 Å². The fourth-order valence-electron chi connectivity index (χ4n) is 2.82. The van der Waals surface area contributed by atoms with E-state index in [0.29, 0.717) is 5.69 Å². The average Bonchev–Trinajstić information content (AvgIpc) is 3.08. The van der Waals surface area contributed by atoms with Crippen LogP contribution >= 0.6 is 11.3 Å². The van der Waals surface area contributed by atoms with Gasteiger partial charge in [0.05, 0.1) is 6.61 Å². The van der Waals surface area contributed by atoms with Crippen molar-refractivity contribution in [2.45, 2.75) is 32.6 Å². The molecule has 6 nitrogen and oxygen atoms in total. The Kier molecular flexibility index (Phi) is 4.80. The molecule has 1 aromatic carbocycles. The van der Waals surface area contributed by atoms with Gasteiger partial charge in [0.25, 0.3) is 5.91 Å². The maximum absolute atomic E-state index is 12.4. The highest BCUT2D eigenvalue weighted by Gasteiger charge is 2.20. The van der Waals surface area contributed by atoms with Gasteiger partial charge >= 0.3 is 5.97 Å². The normalized spacial score (nSPS) is 13.2. The maximum atomic E-state index is 12.4. The van der Waals surface area contributed by atoms with Crippen LogP contribution in [0.3, 0.4) is 0 Å². The molecule has 0 aliphatic heterocycles. The average molecular weight is 346 g/mol. The molecule has 2 aromatic rings. The molecule has 0 fully saturated rings. The molecule has 2 N–H and O–H groups in total. The second kappa shape index (κ2) is 7.00. The van der Waals surface area contributed by atoms with Crippen LogP contribution in [0.15, 0.2) is 17.5 Å². The smallest absolute Gasteiger partial charge is 0.367 e. The summed E-state index contributed by atoms with van der Waals surface area (Å²) in [5.74, 6) is -0.621. The number of rotatable bonds is 4. The SMILES string of the molecule is CCOC(=O)c1nc(C(=O)Nc2ccc(O)c3c2CCCC3)cs1. The lowest BCUT2D eigenvalue weighted by molar-refractivity contribution is 0.0526. The minimum atomic E-state index is -0.524. The third-order valence-corrected chi connectivity index (χ3v) is 4.77. The quantitative estimate of drug-likeness (QED) is 0.656. The number of nitrogens with one attached hydrogen (secondary N) is 1. The number of aromatic hydroxyl groups is 1. The Balaban J connectivity index is 1.79. The van der Waals surface area contributed by atoms with Gasteiger partial charge in [-0.05, 0) is 55.9 Å². The number of phenols is 1. The Morgan fingerprint density at radius 3 is 2.79 bits per heavy atom. The van der Waals surface area contributed by atoms with Crippen LogP contribution in [0.25, 0.3) is 0 Å². The molecule has 0 spiro atoms. The number of ether oxygens (including phenoxy) is 1. The van der Waals surface area contributed by atoms with E-state index in [9.17, 15) is 14.7 Å². The maximum Gasteiger partial charge on any atom is 0.367 e. The van der Waals surface area contributed by atoms with Crippen molar-refractivity contribution in [1.82, 2.24) is 4.98 Å². The summed E-state index contributed by atoms with van der Waals surface area (Å²) in [4.78, 5) is 28.1. The molecule has 3 rings (SSSR count). The van der Waals surface area contributed by atoms with Crippen molar-refractivity contribution in [3.8, 4) is 5.75 Å². The number of hydrogen-bond donors (Lipinski definition) is 2. The van der Waals surface area contributed by atoms with E-state index in [4.69, 9.17) is 4.74 Å². The molecular formula is C17H18N2O4S. The zero-order chi connectivity index (χ0) is 17.1. The highest BCUT2D eigenvalue weighted by Crippen LogP contribution is 2.34. The molecule has 1 amide bonds. The van der Waals surface area contributed by atoms with Crippen LogP contribution in [-0.4, -0.2) is 28.6 Å². The van der Waals surface area contributed by atoms with Gasteiger partial charge in [-0.15, -0.1) is 11.3 Å². The third-order valence-electron chi connectivity index (χ3n) is 3.95. The predicted octanol–water partition coefficient (Wildman–Crippen LogP) is 3.16. The molecule has 1 aromatic heterocycles. The van der Waals surface area contributed by atoms with Crippen LogP contribution in [0, 0.1) is 0 Å². The van der Waals surface area contributed by atoms with Gasteiger partial charge in [0.15, 0.2) is 0 Å². The first-order valence-electron chi connectivity index (χ1n) is 7.88. The molecule has 0 radical (unpaired) electrons. The number of carbonyl (C=O) groups is 2. The Morgan fingerprint density at radius 2 is 2.04 bits per heavy atom. The molecule has 1 aliphatic carbocycles. The predicted molar refractivity (Wildman–Crippen MR) is 90.8 cm³/mol. The van der Waals surface area contributed by atoms with E-state index in [0.717, 1.165) is 48.1 Å². The first kappa shape index (κ1) is 16.4. The molecule has 0 bridgehead atoms. The van der Waals surface area contributed by atoms with Crippen LogP contribution < -0.4 is 5.32 Å². The lowest BCUT2D eigenvalue weighted by Gasteiger charge is -2.20. The number of fused-ring (bicyclic) bond motifs is 1. The number of aromatic nitrogens is 1. The van der Waals surface area contributed by atoms with Crippen molar-refractivity contribution in [2.75, 3.05) is 11.9 Å². The monoisotopic (exact) mass is 346 g/mol. The van der Waals surface area contributed by atoms with Gasteiger partial charge in [-0.2, -0.15) is 0 Å². The molecule has 126 valence electrons. The van der Waals surface area contributed by atoms with E-state index in [1.54, 1.807) is 19.1 Å². The Bertz CT molecular complexity index is 785. The Labute approximate surface area is 143 Å². The fraction of sp³-hybridized carbons (Fsp3) is 0.353. The van der Waals surface area contributed by atoms with Gasteiger partial charge in [-0.3, -0.25) is 4.79 Å². The Morgan fingerprint density at radius 1 is 1.29 bits per heavy atom. The van der Waals surface area contributed by atoms with Gasteiger partial charge < -0.3 is 15.2 Å². The number of nitrogens with zero attached hydrogens (tertiary/aromatic N) is 1. The number of esters is 1. The number of amides is 1. The lowest BCUT2D eigenvalue weighted by Crippen LogP contribution is -2.16. The van der Waals surface area contributed by atoms with Gasteiger partial charge in [-0.1, -0.05) is 0 Å². The summed E-state index contributed by atoms with van der Waals surface area (Å²) in [6.45, 7) is 1.98. The largest absolute Gasteiger partial charge is 0.508 e. The summed E-state index contributed by atoms with van der Waals surface area (Å²) >= 11 is 1.08. The summed E-state index contributed by atoms with van der Waals surface area (Å²) in [6.07, 6.45) is 3.70. The summed E-state index contributed by atoms with van der Waals surface area (Å²) in [7, 11) is 0. The number of thiazole rings is 1. The van der Waals surface area contributed by atoms with Gasteiger partial charge in [0.2, 0.25) is 5.01 Å². The van der Waals surface area contributed by atoms with Crippen molar-refractivity contribution < 1.29 is 19.4 Å². The summed E-state index contributed by atoms with van der Waals surface area (Å²) < 4.78 is 4.88. The molecule has 0 saturated heterocycles. The molecular weight excluding hydrogens is 328 g/mol. The van der Waals surface area contributed by atoms with Gasteiger partial charge in [0, 0.05) is 11.1 Å². The standard InChI is InChI=1S/C17H18N2O4S/c1-2-23-17(22)16-19-13(9-24-16)15(21)18-12-7-8-14(20)11-6-4-3-5-10(11)12/h7-9,20H,2-6H2,1H3,(H,18,21). The van der Waals surface area contributed by atoms with Crippen molar-refractivity contribution in [2.24, 2.45) is 0 Å². The first-order chi connectivity index (χ1) is 11.6. The number of hydrogen-bond acceptors (Lipinski definition) is 6. The van der Waals surface area contributed by atoms with Gasteiger partial charge in [0.1, 0.15) is 11.4 Å². The highest BCUT2D eigenvalue weighted by atomic mass is 32.1. The molecule has 1 heterocycles. The van der Waals surface area contributed by atoms with Crippen LogP contribution in [0.5, 0.6) is 5.75 Å². The molecule has 24 heavy (non-hydrogen) atoms. The zero-order valence-corrected chi connectivity index (χ0v) is 14.1. The number of carbonyl (C=O) groups excluding carboxylic acids is 2. The molecule has 1 aliphatic rings. The summed E-state index contributed by atoms with van der Waals surface area (Å²) in [5, 5.41) is 14.5. The van der Waals surface area contributed by atoms with Gasteiger partial charge in [-0.25, -0.2) is 9.78 Å². The lowest BCUT2D eigenvalue weighted by atomic mass is 9.89. The molecule has 0 unspecified atom stereocenters. The summed E-state index contributed by atoms with van der Waals surface area (Å²) in [6, 6.07) is 3.31. The van der Waals surface area contributed by atoms with E-state index in [2.05, 4.69) is 10.3 Å². The molecule has 0 saturated carbocycles. The topological polar surface area (TPSA) is 88.5 Å². The molecule has 0 atom stereocenters. The van der Waals surface area contributed by atoms with Crippen LogP contribution in [-0.2, 0) is 17.6 Å². The minimum Gasteiger partial charge on any atom is -0.508 e. The van der Waals surface area contributed by atoms with Crippen molar-refractivity contribution >= 4 is 28.9 Å². The van der Waals surface area contributed by atoms with Crippen LogP contribution in [0.1, 0.15) is 51.2 Å². The van der Waals surface area contributed by atoms with Crippen molar-refractivity contribution in [3.05, 3.63) is 39.3 Å². The minimum absolute atomic E-state index is 0.162. The van der Waals surface area contributed by atoms with Crippen LogP contribution in [0.4, 0.5) is 5.69 Å². The van der Waals surface area contributed by atoms with Crippen molar-refractivity contribution in [1.29, 1.82) is 0 Å².